The molecular formula is C17H29NO. The Bertz CT molecular complexity index is 363. The highest BCUT2D eigenvalue weighted by atomic mass is 16.3. The van der Waals surface area contributed by atoms with E-state index in [0.29, 0.717) is 17.9 Å². The van der Waals surface area contributed by atoms with E-state index in [2.05, 4.69) is 44.8 Å². The number of aliphatic imine (C=N–C) groups is 1. The molecule has 2 nitrogen and oxygen atoms in total. The Hall–Kier alpha value is -0.890. The van der Waals surface area contributed by atoms with Gasteiger partial charge in [0.2, 0.25) is 0 Å². The Balaban J connectivity index is 2.59. The molecule has 1 aliphatic carbocycles. The number of aliphatic hydroxyl groups is 1. The number of aliphatic hydroxyl groups excluding tert-OH is 1. The molecule has 0 aromatic heterocycles. The van der Waals surface area contributed by atoms with Gasteiger partial charge in [-0.2, -0.15) is 0 Å². The van der Waals surface area contributed by atoms with Gasteiger partial charge in [0.15, 0.2) is 0 Å². The molecule has 0 saturated heterocycles. The number of allylic oxidation sites excluding steroid dienone is 4. The maximum absolute atomic E-state index is 8.66. The molecule has 1 N–H and O–H groups in total. The molecule has 0 spiro atoms. The summed E-state index contributed by atoms with van der Waals surface area (Å²) in [6.45, 7) is 9.85. The SMILES string of the molecule is CC1=C(C=CC(C)CC=NCCO)C(C)(C)CCC1. The van der Waals surface area contributed by atoms with E-state index in [1.807, 2.05) is 6.21 Å². The van der Waals surface area contributed by atoms with E-state index in [9.17, 15) is 0 Å². The molecule has 0 heterocycles. The van der Waals surface area contributed by atoms with Gasteiger partial charge in [0.25, 0.3) is 0 Å². The average Bonchev–Trinajstić information content (AvgIpc) is 2.33. The van der Waals surface area contributed by atoms with Crippen molar-refractivity contribution in [3.63, 3.8) is 0 Å². The zero-order valence-electron chi connectivity index (χ0n) is 12.9. The molecule has 0 saturated carbocycles. The van der Waals surface area contributed by atoms with E-state index in [4.69, 9.17) is 5.11 Å². The first kappa shape index (κ1) is 16.2. The van der Waals surface area contributed by atoms with Gasteiger partial charge in [-0.15, -0.1) is 0 Å². The van der Waals surface area contributed by atoms with Crippen LogP contribution in [0.25, 0.3) is 0 Å². The smallest absolute Gasteiger partial charge is 0.0626 e. The number of nitrogens with zero attached hydrogens (tertiary/aromatic N) is 1. The van der Waals surface area contributed by atoms with Crippen molar-refractivity contribution in [1.29, 1.82) is 0 Å². The van der Waals surface area contributed by atoms with Gasteiger partial charge < -0.3 is 5.11 Å². The zero-order valence-corrected chi connectivity index (χ0v) is 12.9. The molecule has 0 fully saturated rings. The lowest BCUT2D eigenvalue weighted by Gasteiger charge is -2.33. The third-order valence-electron chi connectivity index (χ3n) is 3.97. The third kappa shape index (κ3) is 5.32. The minimum absolute atomic E-state index is 0.140. The van der Waals surface area contributed by atoms with Gasteiger partial charge in [-0.1, -0.05) is 38.5 Å². The molecule has 19 heavy (non-hydrogen) atoms. The molecule has 1 rings (SSSR count). The first-order valence-corrected chi connectivity index (χ1v) is 7.45. The van der Waals surface area contributed by atoms with Crippen molar-refractivity contribution in [2.24, 2.45) is 16.3 Å². The fraction of sp³-hybridized carbons (Fsp3) is 0.706. The highest BCUT2D eigenvalue weighted by Crippen LogP contribution is 2.40. The highest BCUT2D eigenvalue weighted by Gasteiger charge is 2.26. The molecule has 108 valence electrons. The zero-order chi connectivity index (χ0) is 14.3. The van der Waals surface area contributed by atoms with Crippen LogP contribution in [0.1, 0.15) is 53.4 Å². The Morgan fingerprint density at radius 1 is 1.42 bits per heavy atom. The van der Waals surface area contributed by atoms with Crippen LogP contribution in [0, 0.1) is 11.3 Å². The van der Waals surface area contributed by atoms with Crippen LogP contribution in [0.2, 0.25) is 0 Å². The lowest BCUT2D eigenvalue weighted by atomic mass is 9.72. The van der Waals surface area contributed by atoms with Crippen molar-refractivity contribution in [2.45, 2.75) is 53.4 Å². The van der Waals surface area contributed by atoms with Gasteiger partial charge >= 0.3 is 0 Å². The van der Waals surface area contributed by atoms with Gasteiger partial charge in [-0.25, -0.2) is 0 Å². The summed E-state index contributed by atoms with van der Waals surface area (Å²) in [6, 6.07) is 0. The predicted molar refractivity (Wildman–Crippen MR) is 83.7 cm³/mol. The number of hydrogen-bond donors (Lipinski definition) is 1. The largest absolute Gasteiger partial charge is 0.394 e. The summed E-state index contributed by atoms with van der Waals surface area (Å²) in [4.78, 5) is 4.15. The van der Waals surface area contributed by atoms with Crippen molar-refractivity contribution in [3.8, 4) is 0 Å². The molecule has 0 radical (unpaired) electrons. The maximum atomic E-state index is 8.66. The lowest BCUT2D eigenvalue weighted by molar-refractivity contribution is 0.307. The van der Waals surface area contributed by atoms with Gasteiger partial charge in [-0.05, 0) is 55.7 Å². The fourth-order valence-corrected chi connectivity index (χ4v) is 2.74. The van der Waals surface area contributed by atoms with Crippen molar-refractivity contribution in [1.82, 2.24) is 0 Å². The summed E-state index contributed by atoms with van der Waals surface area (Å²) in [7, 11) is 0. The van der Waals surface area contributed by atoms with Crippen LogP contribution >= 0.6 is 0 Å². The highest BCUT2D eigenvalue weighted by molar-refractivity contribution is 5.57. The van der Waals surface area contributed by atoms with Crippen molar-refractivity contribution < 1.29 is 5.11 Å². The Morgan fingerprint density at radius 2 is 2.16 bits per heavy atom. The molecule has 1 unspecified atom stereocenters. The van der Waals surface area contributed by atoms with Crippen molar-refractivity contribution in [3.05, 3.63) is 23.3 Å². The van der Waals surface area contributed by atoms with Gasteiger partial charge in [-0.3, -0.25) is 4.99 Å². The van der Waals surface area contributed by atoms with Crippen LogP contribution in [0.15, 0.2) is 28.3 Å². The van der Waals surface area contributed by atoms with E-state index in [0.717, 1.165) is 6.42 Å². The molecular weight excluding hydrogens is 234 g/mol. The van der Waals surface area contributed by atoms with E-state index in [1.54, 1.807) is 5.57 Å². The van der Waals surface area contributed by atoms with Crippen LogP contribution in [-0.4, -0.2) is 24.5 Å². The lowest BCUT2D eigenvalue weighted by Crippen LogP contribution is -2.19. The Kier molecular flexibility index (Phi) is 6.50. The maximum Gasteiger partial charge on any atom is 0.0626 e. The van der Waals surface area contributed by atoms with E-state index in [1.165, 1.54) is 24.8 Å². The first-order valence-electron chi connectivity index (χ1n) is 7.45. The van der Waals surface area contributed by atoms with E-state index in [-0.39, 0.29) is 6.61 Å². The normalized spacial score (nSPS) is 21.5. The van der Waals surface area contributed by atoms with Gasteiger partial charge in [0.05, 0.1) is 13.2 Å². The van der Waals surface area contributed by atoms with Crippen LogP contribution in [0.4, 0.5) is 0 Å². The average molecular weight is 263 g/mol. The van der Waals surface area contributed by atoms with Crippen LogP contribution in [-0.2, 0) is 0 Å². The second-order valence-corrected chi connectivity index (χ2v) is 6.32. The molecule has 0 aliphatic heterocycles. The standard InChI is InChI=1S/C17H29NO/c1-14(9-11-18-12-13-19)7-8-16-15(2)6-5-10-17(16,3)4/h7-8,11,14,19H,5-6,9-10,12-13H2,1-4H3. The second kappa shape index (κ2) is 7.64. The van der Waals surface area contributed by atoms with E-state index < -0.39 is 0 Å². The molecule has 0 aromatic carbocycles. The first-order chi connectivity index (χ1) is 8.97. The van der Waals surface area contributed by atoms with Crippen molar-refractivity contribution in [2.75, 3.05) is 13.2 Å². The summed E-state index contributed by atoms with van der Waals surface area (Å²) in [5, 5.41) is 8.66. The fourth-order valence-electron chi connectivity index (χ4n) is 2.74. The van der Waals surface area contributed by atoms with Gasteiger partial charge in [0.1, 0.15) is 0 Å². The number of rotatable bonds is 6. The topological polar surface area (TPSA) is 32.6 Å². The minimum atomic E-state index is 0.140. The number of hydrogen-bond acceptors (Lipinski definition) is 2. The Morgan fingerprint density at radius 3 is 2.79 bits per heavy atom. The summed E-state index contributed by atoms with van der Waals surface area (Å²) >= 11 is 0. The molecule has 0 bridgehead atoms. The summed E-state index contributed by atoms with van der Waals surface area (Å²) < 4.78 is 0. The predicted octanol–water partition coefficient (Wildman–Crippen LogP) is 4.16. The molecule has 1 aliphatic rings. The molecule has 0 amide bonds. The third-order valence-corrected chi connectivity index (χ3v) is 3.97. The van der Waals surface area contributed by atoms with Crippen LogP contribution < -0.4 is 0 Å². The van der Waals surface area contributed by atoms with Crippen LogP contribution in [0.3, 0.4) is 0 Å². The van der Waals surface area contributed by atoms with Crippen LogP contribution in [0.5, 0.6) is 0 Å². The molecule has 1 atom stereocenters. The molecule has 2 heteroatoms. The quantitative estimate of drug-likeness (QED) is 0.717. The van der Waals surface area contributed by atoms with E-state index >= 15 is 0 Å². The summed E-state index contributed by atoms with van der Waals surface area (Å²) in [5.41, 5.74) is 3.40. The minimum Gasteiger partial charge on any atom is -0.394 e. The summed E-state index contributed by atoms with van der Waals surface area (Å²) in [5.74, 6) is 0.500. The van der Waals surface area contributed by atoms with Crippen molar-refractivity contribution >= 4 is 6.21 Å². The Labute approximate surface area is 118 Å². The summed E-state index contributed by atoms with van der Waals surface area (Å²) in [6.07, 6.45) is 11.4. The monoisotopic (exact) mass is 263 g/mol. The second-order valence-electron chi connectivity index (χ2n) is 6.32. The molecule has 0 aromatic rings. The van der Waals surface area contributed by atoms with Gasteiger partial charge in [0, 0.05) is 0 Å².